The minimum absolute atomic E-state index is 0. The first-order valence-corrected chi connectivity index (χ1v) is 11.7. The molecule has 0 nitrogen and oxygen atoms in total. The molecule has 0 aliphatic carbocycles. The average molecular weight is 356 g/mol. The van der Waals surface area contributed by atoms with Crippen LogP contribution in [0.25, 0.3) is 0 Å². The van der Waals surface area contributed by atoms with Crippen molar-refractivity contribution in [2.75, 3.05) is 12.3 Å². The Bertz CT molecular complexity index is 311. The maximum atomic E-state index is 2.43. The SMILES string of the molecule is CCP(CC)[Si](C)C.Cc1[cH-]c(C)c(C)c1C.[Cl-].[Cr+2]. The summed E-state index contributed by atoms with van der Waals surface area (Å²) < 4.78 is 0. The Morgan fingerprint density at radius 2 is 1.21 bits per heavy atom. The molecule has 1 rings (SSSR count). The van der Waals surface area contributed by atoms with E-state index in [1.54, 1.807) is 0 Å². The topological polar surface area (TPSA) is 0 Å². The van der Waals surface area contributed by atoms with Crippen molar-refractivity contribution in [1.29, 1.82) is 0 Å². The Hall–Kier alpha value is 0.819. The van der Waals surface area contributed by atoms with E-state index in [9.17, 15) is 0 Å². The van der Waals surface area contributed by atoms with Gasteiger partial charge in [0, 0.05) is 0 Å². The number of hydrogen-bond acceptors (Lipinski definition) is 0. The normalized spacial score (nSPS) is 9.58. The number of aryl methyl sites for hydroxylation is 2. The summed E-state index contributed by atoms with van der Waals surface area (Å²) in [7, 11) is 0.577. The number of halogens is 1. The van der Waals surface area contributed by atoms with Crippen molar-refractivity contribution in [3.05, 3.63) is 28.3 Å². The molecule has 0 spiro atoms. The Labute approximate surface area is 140 Å². The van der Waals surface area contributed by atoms with E-state index in [2.05, 4.69) is 60.7 Å². The second-order valence-corrected chi connectivity index (χ2v) is 13.7. The van der Waals surface area contributed by atoms with E-state index in [-0.39, 0.29) is 38.2 Å². The maximum absolute atomic E-state index is 2.43. The zero-order chi connectivity index (χ0) is 13.6. The van der Waals surface area contributed by atoms with E-state index in [0.717, 1.165) is 0 Å². The Balaban J connectivity index is -0.000000246. The van der Waals surface area contributed by atoms with Crippen LogP contribution in [0.1, 0.15) is 36.1 Å². The van der Waals surface area contributed by atoms with Crippen LogP contribution in [0, 0.1) is 27.7 Å². The van der Waals surface area contributed by atoms with Crippen molar-refractivity contribution in [3.8, 4) is 0 Å². The van der Waals surface area contributed by atoms with Gasteiger partial charge in [-0.1, -0.05) is 54.6 Å². The summed E-state index contributed by atoms with van der Waals surface area (Å²) in [5.41, 5.74) is 5.75. The summed E-state index contributed by atoms with van der Waals surface area (Å²) >= 11 is 0. The van der Waals surface area contributed by atoms with E-state index >= 15 is 0 Å². The Morgan fingerprint density at radius 1 is 0.895 bits per heavy atom. The molecule has 0 N–H and O–H groups in total. The van der Waals surface area contributed by atoms with Gasteiger partial charge < -0.3 is 12.4 Å². The molecule has 19 heavy (non-hydrogen) atoms. The first-order valence-electron chi connectivity index (χ1n) is 6.60. The fraction of sp³-hybridized carbons (Fsp3) is 0.667. The predicted octanol–water partition coefficient (Wildman–Crippen LogP) is 2.40. The monoisotopic (exact) mass is 355 g/mol. The van der Waals surface area contributed by atoms with Crippen LogP contribution in [0.3, 0.4) is 0 Å². The molecule has 4 heteroatoms. The second-order valence-electron chi connectivity index (χ2n) is 4.88. The molecule has 0 unspecified atom stereocenters. The molecule has 0 saturated carbocycles. The molecule has 0 aliphatic heterocycles. The van der Waals surface area contributed by atoms with E-state index in [1.807, 2.05) is 0 Å². The molecule has 0 fully saturated rings. The molecule has 0 aromatic heterocycles. The van der Waals surface area contributed by atoms with Crippen molar-refractivity contribution in [1.82, 2.24) is 0 Å². The molecule has 0 atom stereocenters. The summed E-state index contributed by atoms with van der Waals surface area (Å²) in [4.78, 5) is 0. The zero-order valence-corrected chi connectivity index (χ0v) is 17.7. The van der Waals surface area contributed by atoms with Crippen molar-refractivity contribution in [2.45, 2.75) is 54.6 Å². The van der Waals surface area contributed by atoms with E-state index in [1.165, 1.54) is 34.6 Å². The van der Waals surface area contributed by atoms with Crippen LogP contribution < -0.4 is 12.4 Å². The minimum Gasteiger partial charge on any atom is -1.00 e. The van der Waals surface area contributed by atoms with Crippen molar-refractivity contribution in [3.63, 3.8) is 0 Å². The fourth-order valence-electron chi connectivity index (χ4n) is 1.99. The van der Waals surface area contributed by atoms with E-state index in [0.29, 0.717) is 7.47 Å². The van der Waals surface area contributed by atoms with E-state index < -0.39 is 0 Å². The number of hydrogen-bond donors (Lipinski definition) is 0. The van der Waals surface area contributed by atoms with Crippen LogP contribution >= 0.6 is 7.47 Å². The van der Waals surface area contributed by atoms with Gasteiger partial charge in [-0.15, -0.1) is 7.47 Å². The van der Waals surface area contributed by atoms with Crippen LogP contribution in [-0.2, 0) is 17.4 Å². The van der Waals surface area contributed by atoms with Gasteiger partial charge >= 0.3 is 17.4 Å². The maximum Gasteiger partial charge on any atom is 2.00 e. The van der Waals surface area contributed by atoms with Crippen LogP contribution in [0.2, 0.25) is 13.1 Å². The molecular formula is C15H29ClCrPSi. The summed E-state index contributed by atoms with van der Waals surface area (Å²) in [5.74, 6) is 0. The van der Waals surface area contributed by atoms with Crippen LogP contribution in [0.15, 0.2) is 6.07 Å². The van der Waals surface area contributed by atoms with Gasteiger partial charge in [-0.3, -0.25) is 0 Å². The molecule has 1 aromatic carbocycles. The third-order valence-corrected chi connectivity index (χ3v) is 12.1. The molecule has 0 saturated heterocycles. The van der Waals surface area contributed by atoms with Gasteiger partial charge in [0.05, 0.1) is 8.46 Å². The van der Waals surface area contributed by atoms with Crippen LogP contribution in [0.5, 0.6) is 0 Å². The summed E-state index contributed by atoms with van der Waals surface area (Å²) in [6.45, 7) is 18.2. The first-order chi connectivity index (χ1) is 7.84. The van der Waals surface area contributed by atoms with Gasteiger partial charge in [-0.2, -0.15) is 28.3 Å². The fourth-order valence-corrected chi connectivity index (χ4v) is 7.50. The van der Waals surface area contributed by atoms with Crippen LogP contribution in [-0.4, -0.2) is 20.8 Å². The predicted molar refractivity (Wildman–Crippen MR) is 86.5 cm³/mol. The van der Waals surface area contributed by atoms with Crippen molar-refractivity contribution in [2.24, 2.45) is 0 Å². The van der Waals surface area contributed by atoms with Gasteiger partial charge in [-0.05, 0) is 12.3 Å². The van der Waals surface area contributed by atoms with Gasteiger partial charge in [0.2, 0.25) is 0 Å². The second kappa shape index (κ2) is 12.6. The molecular weight excluding hydrogens is 327 g/mol. The smallest absolute Gasteiger partial charge is 1.00 e. The average Bonchev–Trinajstić information content (AvgIpc) is 2.48. The Morgan fingerprint density at radius 3 is 1.26 bits per heavy atom. The van der Waals surface area contributed by atoms with Gasteiger partial charge in [0.15, 0.2) is 0 Å². The third kappa shape index (κ3) is 8.64. The quantitative estimate of drug-likeness (QED) is 0.444. The number of rotatable bonds is 3. The molecule has 1 aromatic rings. The summed E-state index contributed by atoms with van der Waals surface area (Å²) in [6.07, 6.45) is 2.90. The van der Waals surface area contributed by atoms with Crippen LogP contribution in [0.4, 0.5) is 0 Å². The molecule has 111 valence electrons. The molecule has 0 amide bonds. The third-order valence-electron chi connectivity index (χ3n) is 3.57. The van der Waals surface area contributed by atoms with Gasteiger partial charge in [0.1, 0.15) is 0 Å². The Kier molecular flexibility index (Phi) is 16.4. The largest absolute Gasteiger partial charge is 2.00 e. The van der Waals surface area contributed by atoms with Crippen molar-refractivity contribution >= 4 is 15.9 Å². The van der Waals surface area contributed by atoms with Gasteiger partial charge in [-0.25, -0.2) is 0 Å². The zero-order valence-electron chi connectivity index (χ0n) is 13.7. The first kappa shape index (κ1) is 24.8. The standard InChI is InChI=1S/C9H13.C6H16PSi.ClH.Cr/c1-6-5-7(2)9(4)8(6)3;1-5-7(6-2)8(3)4;;/h5H,1-4H3;5-6H2,1-4H3;1H;/q-1;;;+2/p-1. The molecule has 0 bridgehead atoms. The summed E-state index contributed by atoms with van der Waals surface area (Å²) in [5, 5.41) is 0. The molecule has 0 heterocycles. The van der Waals surface area contributed by atoms with E-state index in [4.69, 9.17) is 0 Å². The minimum atomic E-state index is 0. The summed E-state index contributed by atoms with van der Waals surface area (Å²) in [6, 6.07) is 2.24. The van der Waals surface area contributed by atoms with Gasteiger partial charge in [0.25, 0.3) is 0 Å². The molecule has 1 radical (unpaired) electrons. The van der Waals surface area contributed by atoms with Crippen molar-refractivity contribution < 1.29 is 29.8 Å². The molecule has 0 aliphatic rings.